The molecule has 0 heterocycles. The molecule has 2 aromatic carbocycles. The van der Waals surface area contributed by atoms with E-state index < -0.39 is 22.8 Å². The van der Waals surface area contributed by atoms with Gasteiger partial charge in [-0.2, -0.15) is 0 Å². The Hall–Kier alpha value is -2.96. The van der Waals surface area contributed by atoms with Gasteiger partial charge in [0.25, 0.3) is 11.6 Å². The summed E-state index contributed by atoms with van der Waals surface area (Å²) >= 11 is 0. The first-order chi connectivity index (χ1) is 10.9. The van der Waals surface area contributed by atoms with E-state index in [1.54, 1.807) is 13.0 Å². The summed E-state index contributed by atoms with van der Waals surface area (Å²) in [6, 6.07) is 9.71. The normalized spacial score (nSPS) is 11.6. The third-order valence-corrected chi connectivity index (χ3v) is 3.26. The maximum Gasteiger partial charge on any atom is 0.274 e. The molecule has 0 fully saturated rings. The van der Waals surface area contributed by atoms with Gasteiger partial charge in [-0.15, -0.1) is 0 Å². The molecule has 120 valence electrons. The molecule has 0 saturated carbocycles. The van der Waals surface area contributed by atoms with Crippen molar-refractivity contribution in [2.45, 2.75) is 20.0 Å². The molecular weight excluding hydrogens is 303 g/mol. The van der Waals surface area contributed by atoms with Gasteiger partial charge in [-0.1, -0.05) is 6.07 Å². The second-order valence-corrected chi connectivity index (χ2v) is 4.91. The number of ether oxygens (including phenoxy) is 1. The summed E-state index contributed by atoms with van der Waals surface area (Å²) in [6.07, 6.45) is -0.848. The number of hydrogen-bond donors (Lipinski definition) is 1. The fraction of sp³-hybridized carbons (Fsp3) is 0.188. The van der Waals surface area contributed by atoms with Gasteiger partial charge in [0.2, 0.25) is 0 Å². The van der Waals surface area contributed by atoms with Crippen molar-refractivity contribution in [3.63, 3.8) is 0 Å². The summed E-state index contributed by atoms with van der Waals surface area (Å²) in [6.45, 7) is 3.09. The predicted molar refractivity (Wildman–Crippen MR) is 83.0 cm³/mol. The molecule has 0 saturated heterocycles. The van der Waals surface area contributed by atoms with Gasteiger partial charge < -0.3 is 10.1 Å². The van der Waals surface area contributed by atoms with Crippen LogP contribution in [0.1, 0.15) is 12.5 Å². The van der Waals surface area contributed by atoms with Crippen molar-refractivity contribution in [1.82, 2.24) is 0 Å². The van der Waals surface area contributed by atoms with Crippen LogP contribution in [-0.2, 0) is 4.79 Å². The number of hydrogen-bond acceptors (Lipinski definition) is 4. The van der Waals surface area contributed by atoms with E-state index in [2.05, 4.69) is 5.32 Å². The quantitative estimate of drug-likeness (QED) is 0.676. The second-order valence-electron chi connectivity index (χ2n) is 4.91. The van der Waals surface area contributed by atoms with E-state index in [1.807, 2.05) is 0 Å². The number of nitrogens with one attached hydrogen (secondary N) is 1. The zero-order valence-corrected chi connectivity index (χ0v) is 12.6. The Balaban J connectivity index is 2.08. The molecule has 0 aliphatic rings. The van der Waals surface area contributed by atoms with Gasteiger partial charge in [0.15, 0.2) is 6.10 Å². The first-order valence-corrected chi connectivity index (χ1v) is 6.85. The summed E-state index contributed by atoms with van der Waals surface area (Å²) in [7, 11) is 0. The number of amides is 1. The summed E-state index contributed by atoms with van der Waals surface area (Å²) < 4.78 is 18.2. The number of nitro benzene ring substituents is 1. The Kier molecular flexibility index (Phi) is 4.90. The summed E-state index contributed by atoms with van der Waals surface area (Å²) in [4.78, 5) is 22.5. The molecule has 0 bridgehead atoms. The molecule has 2 aromatic rings. The van der Waals surface area contributed by atoms with Gasteiger partial charge in [-0.25, -0.2) is 4.39 Å². The topological polar surface area (TPSA) is 81.5 Å². The Labute approximate surface area is 132 Å². The zero-order valence-electron chi connectivity index (χ0n) is 12.6. The van der Waals surface area contributed by atoms with Crippen molar-refractivity contribution < 1.29 is 18.8 Å². The third-order valence-electron chi connectivity index (χ3n) is 3.26. The molecule has 0 aliphatic heterocycles. The van der Waals surface area contributed by atoms with Crippen molar-refractivity contribution in [2.24, 2.45) is 0 Å². The standard InChI is InChI=1S/C16H15FN2O4/c1-10-14(4-3-5-15(10)19(21)22)18-16(20)11(2)23-13-8-6-12(17)7-9-13/h3-9,11H,1-2H3,(H,18,20). The van der Waals surface area contributed by atoms with Crippen LogP contribution >= 0.6 is 0 Å². The number of carbonyl (C=O) groups is 1. The molecule has 6 nitrogen and oxygen atoms in total. The highest BCUT2D eigenvalue weighted by Gasteiger charge is 2.19. The molecule has 1 atom stereocenters. The first kappa shape index (κ1) is 16.4. The SMILES string of the molecule is Cc1c(NC(=O)C(C)Oc2ccc(F)cc2)cccc1[N+](=O)[O-]. The summed E-state index contributed by atoms with van der Waals surface area (Å²) in [5.74, 6) is -0.510. The van der Waals surface area contributed by atoms with E-state index >= 15 is 0 Å². The number of anilines is 1. The second kappa shape index (κ2) is 6.87. The molecule has 1 unspecified atom stereocenters. The lowest BCUT2D eigenvalue weighted by Crippen LogP contribution is -2.30. The smallest absolute Gasteiger partial charge is 0.274 e. The number of rotatable bonds is 5. The number of halogens is 1. The van der Waals surface area contributed by atoms with Crippen molar-refractivity contribution in [2.75, 3.05) is 5.32 Å². The maximum absolute atomic E-state index is 12.8. The van der Waals surface area contributed by atoms with E-state index in [4.69, 9.17) is 4.74 Å². The molecule has 7 heteroatoms. The van der Waals surface area contributed by atoms with Gasteiger partial charge in [-0.05, 0) is 44.2 Å². The van der Waals surface area contributed by atoms with Gasteiger partial charge in [-0.3, -0.25) is 14.9 Å². The Morgan fingerprint density at radius 2 is 1.91 bits per heavy atom. The predicted octanol–water partition coefficient (Wildman–Crippen LogP) is 3.45. The fourth-order valence-electron chi connectivity index (χ4n) is 1.96. The lowest BCUT2D eigenvalue weighted by Gasteiger charge is -2.15. The average Bonchev–Trinajstić information content (AvgIpc) is 2.51. The fourth-order valence-corrected chi connectivity index (χ4v) is 1.96. The Bertz CT molecular complexity index is 731. The van der Waals surface area contributed by atoms with Crippen LogP contribution in [0.25, 0.3) is 0 Å². The lowest BCUT2D eigenvalue weighted by molar-refractivity contribution is -0.385. The molecule has 0 aliphatic carbocycles. The van der Waals surface area contributed by atoms with Crippen LogP contribution in [0.15, 0.2) is 42.5 Å². The van der Waals surface area contributed by atoms with Crippen LogP contribution in [0.4, 0.5) is 15.8 Å². The molecule has 1 amide bonds. The minimum absolute atomic E-state index is 0.0742. The monoisotopic (exact) mass is 318 g/mol. The highest BCUT2D eigenvalue weighted by molar-refractivity contribution is 5.95. The maximum atomic E-state index is 12.8. The molecule has 23 heavy (non-hydrogen) atoms. The number of benzene rings is 2. The van der Waals surface area contributed by atoms with Crippen molar-refractivity contribution in [3.05, 3.63) is 64.0 Å². The van der Waals surface area contributed by atoms with E-state index in [9.17, 15) is 19.3 Å². The number of carbonyl (C=O) groups excluding carboxylic acids is 1. The Morgan fingerprint density at radius 1 is 1.26 bits per heavy atom. The highest BCUT2D eigenvalue weighted by atomic mass is 19.1. The van der Waals surface area contributed by atoms with Crippen molar-refractivity contribution in [1.29, 1.82) is 0 Å². The van der Waals surface area contributed by atoms with E-state index in [-0.39, 0.29) is 5.69 Å². The van der Waals surface area contributed by atoms with Crippen LogP contribution in [0, 0.1) is 22.9 Å². The number of nitro groups is 1. The average molecular weight is 318 g/mol. The van der Waals surface area contributed by atoms with Gasteiger partial charge in [0.05, 0.1) is 16.2 Å². The van der Waals surface area contributed by atoms with Crippen LogP contribution in [0.3, 0.4) is 0 Å². The van der Waals surface area contributed by atoms with E-state index in [0.717, 1.165) is 0 Å². The van der Waals surface area contributed by atoms with E-state index in [1.165, 1.54) is 43.3 Å². The zero-order chi connectivity index (χ0) is 17.0. The molecule has 0 radical (unpaired) electrons. The molecule has 0 aromatic heterocycles. The third kappa shape index (κ3) is 4.03. The number of nitrogens with zero attached hydrogens (tertiary/aromatic N) is 1. The highest BCUT2D eigenvalue weighted by Crippen LogP contribution is 2.25. The minimum Gasteiger partial charge on any atom is -0.481 e. The Morgan fingerprint density at radius 3 is 2.52 bits per heavy atom. The summed E-state index contributed by atoms with van der Waals surface area (Å²) in [5.41, 5.74) is 0.633. The van der Waals surface area contributed by atoms with Crippen LogP contribution < -0.4 is 10.1 Å². The van der Waals surface area contributed by atoms with Gasteiger partial charge >= 0.3 is 0 Å². The molecule has 2 rings (SSSR count). The van der Waals surface area contributed by atoms with Gasteiger partial charge in [0.1, 0.15) is 11.6 Å². The van der Waals surface area contributed by atoms with Gasteiger partial charge in [0, 0.05) is 6.07 Å². The van der Waals surface area contributed by atoms with E-state index in [0.29, 0.717) is 17.0 Å². The van der Waals surface area contributed by atoms with Crippen molar-refractivity contribution >= 4 is 17.3 Å². The van der Waals surface area contributed by atoms with Crippen LogP contribution in [-0.4, -0.2) is 16.9 Å². The van der Waals surface area contributed by atoms with Crippen LogP contribution in [0.5, 0.6) is 5.75 Å². The molecular formula is C16H15FN2O4. The molecule has 1 N–H and O–H groups in total. The minimum atomic E-state index is -0.848. The van der Waals surface area contributed by atoms with Crippen molar-refractivity contribution in [3.8, 4) is 5.75 Å². The first-order valence-electron chi connectivity index (χ1n) is 6.85. The largest absolute Gasteiger partial charge is 0.481 e. The lowest BCUT2D eigenvalue weighted by atomic mass is 10.1. The summed E-state index contributed by atoms with van der Waals surface area (Å²) in [5, 5.41) is 13.5. The molecule has 0 spiro atoms. The van der Waals surface area contributed by atoms with Crippen LogP contribution in [0.2, 0.25) is 0 Å².